The standard InChI is InChI=1S/C11H16N4OS/c1-9(17-2)11(16)13-10-5-8-15(14-10)7-4-3-6-12/h5,8-9H,3-4,7H2,1-2H3,(H,13,14,16)/t9-/m0/s1. The topological polar surface area (TPSA) is 70.7 Å². The van der Waals surface area contributed by atoms with Gasteiger partial charge in [0.15, 0.2) is 5.82 Å². The molecule has 17 heavy (non-hydrogen) atoms. The van der Waals surface area contributed by atoms with Crippen LogP contribution >= 0.6 is 11.8 Å². The maximum atomic E-state index is 11.6. The molecule has 6 heteroatoms. The van der Waals surface area contributed by atoms with Crippen LogP contribution < -0.4 is 5.32 Å². The predicted molar refractivity (Wildman–Crippen MR) is 68.7 cm³/mol. The molecule has 0 unspecified atom stereocenters. The van der Waals surface area contributed by atoms with Crippen LogP contribution in [0.1, 0.15) is 19.8 Å². The van der Waals surface area contributed by atoms with E-state index < -0.39 is 0 Å². The summed E-state index contributed by atoms with van der Waals surface area (Å²) in [6.45, 7) is 2.55. The number of unbranched alkanes of at least 4 members (excludes halogenated alkanes) is 1. The molecule has 0 aromatic carbocycles. The molecular weight excluding hydrogens is 236 g/mol. The van der Waals surface area contributed by atoms with Gasteiger partial charge < -0.3 is 5.32 Å². The largest absolute Gasteiger partial charge is 0.308 e. The normalized spacial score (nSPS) is 11.8. The molecule has 0 saturated heterocycles. The highest BCUT2D eigenvalue weighted by Gasteiger charge is 2.12. The van der Waals surface area contributed by atoms with Crippen LogP contribution in [-0.4, -0.2) is 27.2 Å². The van der Waals surface area contributed by atoms with Crippen molar-refractivity contribution in [2.45, 2.75) is 31.6 Å². The van der Waals surface area contributed by atoms with Crippen LogP contribution in [0.25, 0.3) is 0 Å². The fourth-order valence-corrected chi connectivity index (χ4v) is 1.48. The number of amides is 1. The monoisotopic (exact) mass is 252 g/mol. The molecule has 0 aliphatic rings. The van der Waals surface area contributed by atoms with E-state index in [0.29, 0.717) is 18.8 Å². The zero-order valence-corrected chi connectivity index (χ0v) is 10.8. The molecule has 1 rings (SSSR count). The Bertz CT molecular complexity index is 410. The third kappa shape index (κ3) is 4.49. The molecule has 5 nitrogen and oxygen atoms in total. The van der Waals surface area contributed by atoms with Crippen molar-refractivity contribution in [1.82, 2.24) is 9.78 Å². The minimum Gasteiger partial charge on any atom is -0.308 e. The third-order valence-electron chi connectivity index (χ3n) is 2.29. The SMILES string of the molecule is CS[C@@H](C)C(=O)Nc1ccn(CCCC#N)n1. The molecule has 0 radical (unpaired) electrons. The van der Waals surface area contributed by atoms with E-state index in [0.717, 1.165) is 6.42 Å². The van der Waals surface area contributed by atoms with Crippen molar-refractivity contribution >= 4 is 23.5 Å². The lowest BCUT2D eigenvalue weighted by molar-refractivity contribution is -0.115. The number of aryl methyl sites for hydroxylation is 1. The van der Waals surface area contributed by atoms with Gasteiger partial charge in [0, 0.05) is 25.2 Å². The number of hydrogen-bond donors (Lipinski definition) is 1. The van der Waals surface area contributed by atoms with E-state index in [4.69, 9.17) is 5.26 Å². The average molecular weight is 252 g/mol. The summed E-state index contributed by atoms with van der Waals surface area (Å²) in [4.78, 5) is 11.6. The Kier molecular flexibility index (Phi) is 5.57. The first kappa shape index (κ1) is 13.6. The molecule has 1 aromatic rings. The van der Waals surface area contributed by atoms with E-state index in [1.54, 1.807) is 16.9 Å². The first-order chi connectivity index (χ1) is 8.17. The van der Waals surface area contributed by atoms with Crippen LogP contribution in [0.4, 0.5) is 5.82 Å². The van der Waals surface area contributed by atoms with Crippen molar-refractivity contribution < 1.29 is 4.79 Å². The van der Waals surface area contributed by atoms with E-state index in [1.165, 1.54) is 11.8 Å². The highest BCUT2D eigenvalue weighted by Crippen LogP contribution is 2.09. The van der Waals surface area contributed by atoms with Crippen LogP contribution in [0.5, 0.6) is 0 Å². The molecule has 0 fully saturated rings. The smallest absolute Gasteiger partial charge is 0.238 e. The van der Waals surface area contributed by atoms with Crippen molar-refractivity contribution in [3.8, 4) is 6.07 Å². The second-order valence-corrected chi connectivity index (χ2v) is 4.77. The number of nitrogens with zero attached hydrogens (tertiary/aromatic N) is 3. The fraction of sp³-hybridized carbons (Fsp3) is 0.545. The summed E-state index contributed by atoms with van der Waals surface area (Å²) in [6, 6.07) is 3.85. The van der Waals surface area contributed by atoms with Gasteiger partial charge >= 0.3 is 0 Å². The van der Waals surface area contributed by atoms with Gasteiger partial charge in [-0.3, -0.25) is 9.48 Å². The van der Waals surface area contributed by atoms with Crippen molar-refractivity contribution in [1.29, 1.82) is 5.26 Å². The van der Waals surface area contributed by atoms with E-state index >= 15 is 0 Å². The van der Waals surface area contributed by atoms with Gasteiger partial charge in [0.25, 0.3) is 0 Å². The van der Waals surface area contributed by atoms with Gasteiger partial charge in [-0.05, 0) is 19.6 Å². The summed E-state index contributed by atoms with van der Waals surface area (Å²) >= 11 is 1.49. The van der Waals surface area contributed by atoms with Crippen molar-refractivity contribution in [2.75, 3.05) is 11.6 Å². The number of carbonyl (C=O) groups is 1. The van der Waals surface area contributed by atoms with E-state index in [-0.39, 0.29) is 11.2 Å². The Morgan fingerprint density at radius 1 is 1.76 bits per heavy atom. The summed E-state index contributed by atoms with van der Waals surface area (Å²) in [5.74, 6) is 0.521. The number of carbonyl (C=O) groups excluding carboxylic acids is 1. The molecule has 1 aromatic heterocycles. The Hall–Kier alpha value is -1.48. The third-order valence-corrected chi connectivity index (χ3v) is 3.21. The average Bonchev–Trinajstić information content (AvgIpc) is 2.76. The maximum Gasteiger partial charge on any atom is 0.238 e. The predicted octanol–water partition coefficient (Wildman–Crippen LogP) is 1.88. The second kappa shape index (κ2) is 6.97. The van der Waals surface area contributed by atoms with E-state index in [2.05, 4.69) is 16.5 Å². The maximum absolute atomic E-state index is 11.6. The zero-order chi connectivity index (χ0) is 12.7. The Morgan fingerprint density at radius 2 is 2.53 bits per heavy atom. The van der Waals surface area contributed by atoms with Crippen LogP contribution in [0.2, 0.25) is 0 Å². The number of nitriles is 1. The summed E-state index contributed by atoms with van der Waals surface area (Å²) in [7, 11) is 0. The number of rotatable bonds is 6. The Labute approximate surface area is 105 Å². The van der Waals surface area contributed by atoms with Gasteiger partial charge in [-0.15, -0.1) is 0 Å². The number of nitrogens with one attached hydrogen (secondary N) is 1. The van der Waals surface area contributed by atoms with E-state index in [9.17, 15) is 4.79 Å². The lowest BCUT2D eigenvalue weighted by Gasteiger charge is -2.06. The van der Waals surface area contributed by atoms with Crippen molar-refractivity contribution in [3.05, 3.63) is 12.3 Å². The summed E-state index contributed by atoms with van der Waals surface area (Å²) in [5, 5.41) is 15.3. The second-order valence-electron chi connectivity index (χ2n) is 3.59. The Balaban J connectivity index is 2.46. The molecule has 0 spiro atoms. The van der Waals surface area contributed by atoms with Crippen LogP contribution in [0.15, 0.2) is 12.3 Å². The fourth-order valence-electron chi connectivity index (χ4n) is 1.21. The molecule has 0 bridgehead atoms. The summed E-state index contributed by atoms with van der Waals surface area (Å²) < 4.78 is 1.73. The summed E-state index contributed by atoms with van der Waals surface area (Å²) in [5.41, 5.74) is 0. The van der Waals surface area contributed by atoms with Gasteiger partial charge in [0.05, 0.1) is 11.3 Å². The highest BCUT2D eigenvalue weighted by molar-refractivity contribution is 7.99. The molecule has 1 heterocycles. The lowest BCUT2D eigenvalue weighted by atomic mass is 10.3. The molecule has 92 valence electrons. The van der Waals surface area contributed by atoms with Crippen molar-refractivity contribution in [2.24, 2.45) is 0 Å². The van der Waals surface area contributed by atoms with Gasteiger partial charge in [-0.25, -0.2) is 0 Å². The molecule has 1 atom stereocenters. The van der Waals surface area contributed by atoms with Crippen LogP contribution in [0, 0.1) is 11.3 Å². The van der Waals surface area contributed by atoms with E-state index in [1.807, 2.05) is 13.2 Å². The van der Waals surface area contributed by atoms with Gasteiger partial charge in [0.2, 0.25) is 5.91 Å². The van der Waals surface area contributed by atoms with Crippen LogP contribution in [-0.2, 0) is 11.3 Å². The summed E-state index contributed by atoms with van der Waals surface area (Å²) in [6.07, 6.45) is 4.99. The molecule has 0 aliphatic heterocycles. The van der Waals surface area contributed by atoms with Gasteiger partial charge in [-0.2, -0.15) is 22.1 Å². The van der Waals surface area contributed by atoms with Crippen LogP contribution in [0.3, 0.4) is 0 Å². The molecule has 1 N–H and O–H groups in total. The quantitative estimate of drug-likeness (QED) is 0.785. The van der Waals surface area contributed by atoms with Crippen molar-refractivity contribution in [3.63, 3.8) is 0 Å². The van der Waals surface area contributed by atoms with Gasteiger partial charge in [-0.1, -0.05) is 0 Å². The molecule has 1 amide bonds. The number of aromatic nitrogens is 2. The minimum atomic E-state index is -0.0845. The van der Waals surface area contributed by atoms with Gasteiger partial charge in [0.1, 0.15) is 0 Å². The first-order valence-electron chi connectivity index (χ1n) is 5.41. The highest BCUT2D eigenvalue weighted by atomic mass is 32.2. The molecule has 0 aliphatic carbocycles. The number of hydrogen-bond acceptors (Lipinski definition) is 4. The zero-order valence-electron chi connectivity index (χ0n) is 10.0. The molecular formula is C11H16N4OS. The number of thioether (sulfide) groups is 1. The number of anilines is 1. The Morgan fingerprint density at radius 3 is 3.18 bits per heavy atom. The lowest BCUT2D eigenvalue weighted by Crippen LogP contribution is -2.22. The minimum absolute atomic E-state index is 0.0419. The first-order valence-corrected chi connectivity index (χ1v) is 6.70. The molecule has 0 saturated carbocycles.